The Morgan fingerprint density at radius 3 is 2.81 bits per heavy atom. The van der Waals surface area contributed by atoms with Crippen LogP contribution in [0.1, 0.15) is 16.8 Å². The fraction of sp³-hybridized carbons (Fsp3) is 0.188. The molecule has 1 aromatic carbocycles. The van der Waals surface area contributed by atoms with Gasteiger partial charge >= 0.3 is 0 Å². The Bertz CT molecular complexity index is 735. The summed E-state index contributed by atoms with van der Waals surface area (Å²) in [4.78, 5) is 12.1. The van der Waals surface area contributed by atoms with E-state index in [1.807, 2.05) is 42.8 Å². The Morgan fingerprint density at radius 1 is 1.38 bits per heavy atom. The lowest BCUT2D eigenvalue weighted by atomic mass is 10.2. The maximum Gasteiger partial charge on any atom is 0.290 e. The van der Waals surface area contributed by atoms with Gasteiger partial charge in [0.15, 0.2) is 11.9 Å². The van der Waals surface area contributed by atoms with E-state index in [2.05, 4.69) is 5.32 Å². The molecule has 0 bridgehead atoms. The molecule has 0 aliphatic rings. The highest BCUT2D eigenvalue weighted by molar-refractivity contribution is 6.32. The van der Waals surface area contributed by atoms with Crippen LogP contribution in [0.5, 0.6) is 0 Å². The number of hydrogen-bond donors (Lipinski definition) is 1. The SMILES string of the molecule is Cc1ccc[n+](CC(=O)Nc2ccc(C#N)c(Cl)c2)c1C. The molecule has 1 aromatic heterocycles. The predicted octanol–water partition coefficient (Wildman–Crippen LogP) is 2.75. The van der Waals surface area contributed by atoms with Gasteiger partial charge in [0.05, 0.1) is 10.6 Å². The van der Waals surface area contributed by atoms with Crippen LogP contribution in [0.15, 0.2) is 36.5 Å². The van der Waals surface area contributed by atoms with Crippen molar-refractivity contribution in [1.82, 2.24) is 0 Å². The van der Waals surface area contributed by atoms with Gasteiger partial charge in [-0.3, -0.25) is 4.79 Å². The number of pyridine rings is 1. The van der Waals surface area contributed by atoms with Crippen LogP contribution >= 0.6 is 11.6 Å². The minimum atomic E-state index is -0.144. The highest BCUT2D eigenvalue weighted by Gasteiger charge is 2.14. The number of halogens is 1. The normalized spacial score (nSPS) is 10.0. The second kappa shape index (κ2) is 6.38. The highest BCUT2D eigenvalue weighted by atomic mass is 35.5. The third-order valence-electron chi connectivity index (χ3n) is 3.30. The molecule has 0 fully saturated rings. The lowest BCUT2D eigenvalue weighted by Crippen LogP contribution is -2.43. The maximum atomic E-state index is 12.1. The molecule has 0 atom stereocenters. The number of nitrogens with one attached hydrogen (secondary N) is 1. The minimum absolute atomic E-state index is 0.144. The Balaban J connectivity index is 2.10. The van der Waals surface area contributed by atoms with Crippen LogP contribution in [0, 0.1) is 25.2 Å². The van der Waals surface area contributed by atoms with Crippen molar-refractivity contribution >= 4 is 23.2 Å². The molecule has 0 aliphatic heterocycles. The summed E-state index contributed by atoms with van der Waals surface area (Å²) < 4.78 is 1.88. The van der Waals surface area contributed by atoms with Crippen LogP contribution in [0.2, 0.25) is 5.02 Å². The summed E-state index contributed by atoms with van der Waals surface area (Å²) in [6.45, 7) is 4.20. The fourth-order valence-corrected chi connectivity index (χ4v) is 2.18. The van der Waals surface area contributed by atoms with Gasteiger partial charge in [0.25, 0.3) is 5.91 Å². The van der Waals surface area contributed by atoms with E-state index >= 15 is 0 Å². The third kappa shape index (κ3) is 3.59. The van der Waals surface area contributed by atoms with Crippen molar-refractivity contribution in [2.75, 3.05) is 5.32 Å². The van der Waals surface area contributed by atoms with Gasteiger partial charge in [-0.2, -0.15) is 9.83 Å². The van der Waals surface area contributed by atoms with Crippen molar-refractivity contribution in [1.29, 1.82) is 5.26 Å². The van der Waals surface area contributed by atoms with Gasteiger partial charge in [-0.15, -0.1) is 0 Å². The van der Waals surface area contributed by atoms with Crippen LogP contribution in [-0.4, -0.2) is 5.91 Å². The number of nitriles is 1. The molecule has 106 valence electrons. The van der Waals surface area contributed by atoms with E-state index in [1.165, 1.54) is 0 Å². The van der Waals surface area contributed by atoms with Crippen molar-refractivity contribution in [3.8, 4) is 6.07 Å². The summed E-state index contributed by atoms with van der Waals surface area (Å²) >= 11 is 5.94. The fourth-order valence-electron chi connectivity index (χ4n) is 1.96. The molecule has 5 heteroatoms. The molecule has 21 heavy (non-hydrogen) atoms. The van der Waals surface area contributed by atoms with Crippen LogP contribution in [0.4, 0.5) is 5.69 Å². The lowest BCUT2D eigenvalue weighted by molar-refractivity contribution is -0.690. The standard InChI is InChI=1S/C16H14ClN3O/c1-11-4-3-7-20(12(11)2)10-16(21)19-14-6-5-13(9-18)15(17)8-14/h3-8H,10H2,1-2H3/p+1. The summed E-state index contributed by atoms with van der Waals surface area (Å²) in [5.41, 5.74) is 3.14. The van der Waals surface area contributed by atoms with Crippen molar-refractivity contribution in [3.63, 3.8) is 0 Å². The molecule has 0 saturated carbocycles. The summed E-state index contributed by atoms with van der Waals surface area (Å²) in [6, 6.07) is 10.7. The number of rotatable bonds is 3. The predicted molar refractivity (Wildman–Crippen MR) is 80.9 cm³/mol. The Labute approximate surface area is 128 Å². The highest BCUT2D eigenvalue weighted by Crippen LogP contribution is 2.20. The zero-order valence-corrected chi connectivity index (χ0v) is 12.6. The Kier molecular flexibility index (Phi) is 4.56. The van der Waals surface area contributed by atoms with E-state index in [0.717, 1.165) is 11.3 Å². The summed E-state index contributed by atoms with van der Waals surface area (Å²) in [7, 11) is 0. The first-order valence-corrected chi connectivity index (χ1v) is 6.84. The number of benzene rings is 1. The van der Waals surface area contributed by atoms with Crippen molar-refractivity contribution in [3.05, 3.63) is 58.4 Å². The van der Waals surface area contributed by atoms with Crippen molar-refractivity contribution < 1.29 is 9.36 Å². The third-order valence-corrected chi connectivity index (χ3v) is 3.61. The quantitative estimate of drug-likeness (QED) is 0.886. The molecule has 4 nitrogen and oxygen atoms in total. The first-order valence-electron chi connectivity index (χ1n) is 6.46. The number of aromatic nitrogens is 1. The molecular formula is C16H15ClN3O+. The smallest absolute Gasteiger partial charge is 0.290 e. The topological polar surface area (TPSA) is 56.8 Å². The number of carbonyl (C=O) groups is 1. The number of aryl methyl sites for hydroxylation is 1. The van der Waals surface area contributed by atoms with E-state index < -0.39 is 0 Å². The van der Waals surface area contributed by atoms with E-state index in [4.69, 9.17) is 16.9 Å². The van der Waals surface area contributed by atoms with Crippen LogP contribution < -0.4 is 9.88 Å². The second-order valence-corrected chi connectivity index (χ2v) is 5.17. The number of amides is 1. The molecule has 0 spiro atoms. The number of hydrogen-bond acceptors (Lipinski definition) is 2. The molecule has 0 unspecified atom stereocenters. The van der Waals surface area contributed by atoms with E-state index in [-0.39, 0.29) is 12.5 Å². The van der Waals surface area contributed by atoms with Gasteiger partial charge in [-0.05, 0) is 31.2 Å². The molecule has 0 saturated heterocycles. The molecular weight excluding hydrogens is 286 g/mol. The molecule has 0 radical (unpaired) electrons. The van der Waals surface area contributed by atoms with Gasteiger partial charge in [0.2, 0.25) is 6.54 Å². The zero-order chi connectivity index (χ0) is 15.4. The van der Waals surface area contributed by atoms with Gasteiger partial charge in [-0.1, -0.05) is 11.6 Å². The molecule has 2 aromatic rings. The van der Waals surface area contributed by atoms with Crippen LogP contribution in [0.25, 0.3) is 0 Å². The molecule has 1 amide bonds. The summed E-state index contributed by atoms with van der Waals surface area (Å²) in [6.07, 6.45) is 1.87. The van der Waals surface area contributed by atoms with E-state index in [1.54, 1.807) is 18.2 Å². The monoisotopic (exact) mass is 300 g/mol. The van der Waals surface area contributed by atoms with Crippen LogP contribution in [0.3, 0.4) is 0 Å². The van der Waals surface area contributed by atoms with E-state index in [0.29, 0.717) is 16.3 Å². The number of carbonyl (C=O) groups excluding carboxylic acids is 1. The first kappa shape index (κ1) is 15.0. The van der Waals surface area contributed by atoms with Gasteiger partial charge < -0.3 is 5.32 Å². The number of nitrogens with zero attached hydrogens (tertiary/aromatic N) is 2. The first-order chi connectivity index (χ1) is 10.0. The second-order valence-electron chi connectivity index (χ2n) is 4.76. The Morgan fingerprint density at radius 2 is 2.14 bits per heavy atom. The molecule has 2 rings (SSSR count). The van der Waals surface area contributed by atoms with Gasteiger partial charge in [-0.25, -0.2) is 0 Å². The van der Waals surface area contributed by atoms with Crippen LogP contribution in [-0.2, 0) is 11.3 Å². The van der Waals surface area contributed by atoms with E-state index in [9.17, 15) is 4.79 Å². The largest absolute Gasteiger partial charge is 0.321 e. The average molecular weight is 301 g/mol. The van der Waals surface area contributed by atoms with Crippen molar-refractivity contribution in [2.45, 2.75) is 20.4 Å². The van der Waals surface area contributed by atoms with Gasteiger partial charge in [0.1, 0.15) is 6.07 Å². The summed E-state index contributed by atoms with van der Waals surface area (Å²) in [5, 5.41) is 11.9. The minimum Gasteiger partial charge on any atom is -0.321 e. The van der Waals surface area contributed by atoms with Gasteiger partial charge in [0, 0.05) is 24.2 Å². The lowest BCUT2D eigenvalue weighted by Gasteiger charge is -2.06. The number of anilines is 1. The zero-order valence-electron chi connectivity index (χ0n) is 11.9. The summed E-state index contributed by atoms with van der Waals surface area (Å²) in [5.74, 6) is -0.144. The molecule has 0 aliphatic carbocycles. The average Bonchev–Trinajstić information content (AvgIpc) is 2.44. The molecule has 1 heterocycles. The molecule has 1 N–H and O–H groups in total. The Hall–Kier alpha value is -2.38. The van der Waals surface area contributed by atoms with Crippen molar-refractivity contribution in [2.24, 2.45) is 0 Å². The maximum absolute atomic E-state index is 12.1.